The van der Waals surface area contributed by atoms with Crippen LogP contribution in [0.3, 0.4) is 0 Å². The minimum Gasteiger partial charge on any atom is -0.437 e. The van der Waals surface area contributed by atoms with E-state index in [0.29, 0.717) is 11.3 Å². The zero-order valence-corrected chi connectivity index (χ0v) is 13.7. The Morgan fingerprint density at radius 1 is 1.04 bits per heavy atom. The lowest BCUT2D eigenvalue weighted by atomic mass is 10.1. The molecule has 0 radical (unpaired) electrons. The van der Waals surface area contributed by atoms with Crippen molar-refractivity contribution in [1.29, 1.82) is 0 Å². The van der Waals surface area contributed by atoms with Crippen LogP contribution in [0.1, 0.15) is 28.7 Å². The van der Waals surface area contributed by atoms with Crippen molar-refractivity contribution in [2.24, 2.45) is 0 Å². The minimum absolute atomic E-state index is 0.131. The molecule has 0 aliphatic heterocycles. The van der Waals surface area contributed by atoms with Gasteiger partial charge in [-0.3, -0.25) is 0 Å². The summed E-state index contributed by atoms with van der Waals surface area (Å²) < 4.78 is 43.4. The summed E-state index contributed by atoms with van der Waals surface area (Å²) in [7, 11) is 0. The molecule has 1 aromatic heterocycles. The topological polar surface area (TPSA) is 46.3 Å². The molecule has 0 saturated carbocycles. The average Bonchev–Trinajstić information content (AvgIpc) is 3.02. The number of oxazole rings is 1. The van der Waals surface area contributed by atoms with Crippen LogP contribution in [0, 0.1) is 18.8 Å². The largest absolute Gasteiger partial charge is 0.437 e. The van der Waals surface area contributed by atoms with Crippen LogP contribution in [-0.4, -0.2) is 10.1 Å². The van der Waals surface area contributed by atoms with Crippen molar-refractivity contribution in [3.63, 3.8) is 0 Å². The van der Waals surface area contributed by atoms with Crippen LogP contribution in [0.5, 0.6) is 0 Å². The van der Waals surface area contributed by atoms with Crippen LogP contribution in [0.2, 0.25) is 0 Å². The molecule has 1 atom stereocenters. The number of rotatable bonds is 2. The molecule has 2 aromatic carbocycles. The van der Waals surface area contributed by atoms with Gasteiger partial charge in [0.25, 0.3) is 0 Å². The zero-order valence-electron chi connectivity index (χ0n) is 13.7. The van der Waals surface area contributed by atoms with E-state index in [4.69, 9.17) is 4.42 Å². The molecule has 0 saturated heterocycles. The molecule has 0 spiro atoms. The molecule has 0 fully saturated rings. The van der Waals surface area contributed by atoms with Gasteiger partial charge in [-0.25, -0.2) is 4.98 Å². The van der Waals surface area contributed by atoms with Gasteiger partial charge in [-0.1, -0.05) is 30.0 Å². The third-order valence-corrected chi connectivity index (χ3v) is 3.67. The number of hydrogen-bond acceptors (Lipinski definition) is 3. The van der Waals surface area contributed by atoms with Gasteiger partial charge in [0.2, 0.25) is 5.89 Å². The lowest BCUT2D eigenvalue weighted by molar-refractivity contribution is -0.137. The second kappa shape index (κ2) is 7.06. The summed E-state index contributed by atoms with van der Waals surface area (Å²) in [5, 5.41) is 10.2. The maximum Gasteiger partial charge on any atom is 0.416 e. The van der Waals surface area contributed by atoms with Crippen molar-refractivity contribution in [1.82, 2.24) is 4.98 Å². The second-order valence-corrected chi connectivity index (χ2v) is 5.58. The maximum absolute atomic E-state index is 12.6. The van der Waals surface area contributed by atoms with Gasteiger partial charge in [-0.15, -0.1) is 0 Å². The maximum atomic E-state index is 12.6. The number of aliphatic hydroxyl groups excluding tert-OH is 1. The lowest BCUT2D eigenvalue weighted by Gasteiger charge is -2.06. The Morgan fingerprint density at radius 3 is 2.31 bits per heavy atom. The highest BCUT2D eigenvalue weighted by Crippen LogP contribution is 2.31. The molecule has 3 rings (SSSR count). The first-order valence-corrected chi connectivity index (χ1v) is 7.74. The molecule has 0 aliphatic carbocycles. The summed E-state index contributed by atoms with van der Waals surface area (Å²) in [6.07, 6.45) is -5.59. The molecular weight excluding hydrogens is 343 g/mol. The monoisotopic (exact) mass is 357 g/mol. The highest BCUT2D eigenvalue weighted by atomic mass is 19.4. The predicted molar refractivity (Wildman–Crippen MR) is 90.0 cm³/mol. The van der Waals surface area contributed by atoms with Crippen molar-refractivity contribution < 1.29 is 22.7 Å². The number of aryl methyl sites for hydroxylation is 1. The Bertz CT molecular complexity index is 949. The summed E-state index contributed by atoms with van der Waals surface area (Å²) >= 11 is 0. The van der Waals surface area contributed by atoms with E-state index in [1.165, 1.54) is 12.1 Å². The first-order valence-electron chi connectivity index (χ1n) is 7.74. The van der Waals surface area contributed by atoms with Gasteiger partial charge in [0.05, 0.1) is 11.3 Å². The molecule has 3 aromatic rings. The number of aromatic nitrogens is 1. The highest BCUT2D eigenvalue weighted by molar-refractivity contribution is 5.54. The number of alkyl halides is 3. The first kappa shape index (κ1) is 17.8. The third-order valence-electron chi connectivity index (χ3n) is 3.67. The SMILES string of the molecule is Cc1nc(-c2ccc(C(F)(F)F)cc2)oc1C(O)C#Cc1ccccc1. The van der Waals surface area contributed by atoms with E-state index < -0.39 is 17.8 Å². The normalized spacial score (nSPS) is 12.3. The van der Waals surface area contributed by atoms with E-state index in [1.54, 1.807) is 19.1 Å². The van der Waals surface area contributed by atoms with Crippen LogP contribution >= 0.6 is 0 Å². The zero-order chi connectivity index (χ0) is 18.7. The fourth-order valence-corrected chi connectivity index (χ4v) is 2.33. The Morgan fingerprint density at radius 2 is 1.69 bits per heavy atom. The molecular formula is C20H14F3NO2. The van der Waals surface area contributed by atoms with Gasteiger partial charge in [0.15, 0.2) is 11.9 Å². The number of benzene rings is 2. The molecule has 1 heterocycles. The van der Waals surface area contributed by atoms with Crippen molar-refractivity contribution in [2.75, 3.05) is 0 Å². The highest BCUT2D eigenvalue weighted by Gasteiger charge is 2.30. The number of nitrogens with zero attached hydrogens (tertiary/aromatic N) is 1. The molecule has 6 heteroatoms. The smallest absolute Gasteiger partial charge is 0.416 e. The van der Waals surface area contributed by atoms with E-state index in [9.17, 15) is 18.3 Å². The first-order chi connectivity index (χ1) is 12.3. The van der Waals surface area contributed by atoms with E-state index >= 15 is 0 Å². The summed E-state index contributed by atoms with van der Waals surface area (Å²) in [4.78, 5) is 4.17. The van der Waals surface area contributed by atoms with Crippen molar-refractivity contribution in [2.45, 2.75) is 19.2 Å². The fourth-order valence-electron chi connectivity index (χ4n) is 2.33. The molecule has 1 unspecified atom stereocenters. The van der Waals surface area contributed by atoms with Crippen molar-refractivity contribution in [3.05, 3.63) is 77.2 Å². The molecule has 132 valence electrons. The average molecular weight is 357 g/mol. The molecule has 0 bridgehead atoms. The second-order valence-electron chi connectivity index (χ2n) is 5.58. The Hall–Kier alpha value is -3.04. The Kier molecular flexibility index (Phi) is 4.83. The van der Waals surface area contributed by atoms with E-state index in [1.807, 2.05) is 18.2 Å². The van der Waals surface area contributed by atoms with Gasteiger partial charge < -0.3 is 9.52 Å². The van der Waals surface area contributed by atoms with E-state index in [0.717, 1.165) is 17.7 Å². The summed E-state index contributed by atoms with van der Waals surface area (Å²) in [6, 6.07) is 13.6. The van der Waals surface area contributed by atoms with E-state index in [2.05, 4.69) is 16.8 Å². The van der Waals surface area contributed by atoms with Gasteiger partial charge >= 0.3 is 6.18 Å². The number of aliphatic hydroxyl groups is 1. The lowest BCUT2D eigenvalue weighted by Crippen LogP contribution is -2.03. The van der Waals surface area contributed by atoms with Gasteiger partial charge in [0.1, 0.15) is 0 Å². The van der Waals surface area contributed by atoms with Crippen LogP contribution in [0.4, 0.5) is 13.2 Å². The summed E-state index contributed by atoms with van der Waals surface area (Å²) in [6.45, 7) is 1.64. The number of hydrogen-bond donors (Lipinski definition) is 1. The van der Waals surface area contributed by atoms with Gasteiger partial charge in [-0.05, 0) is 43.3 Å². The molecule has 26 heavy (non-hydrogen) atoms. The molecule has 1 N–H and O–H groups in total. The summed E-state index contributed by atoms with van der Waals surface area (Å²) in [5.41, 5.74) is 0.801. The number of halogens is 3. The Labute approximate surface area is 148 Å². The molecule has 0 amide bonds. The minimum atomic E-state index is -4.40. The van der Waals surface area contributed by atoms with Crippen LogP contribution in [0.25, 0.3) is 11.5 Å². The molecule has 0 aliphatic rings. The van der Waals surface area contributed by atoms with E-state index in [-0.39, 0.29) is 11.7 Å². The third kappa shape index (κ3) is 3.95. The quantitative estimate of drug-likeness (QED) is 0.673. The van der Waals surface area contributed by atoms with Crippen molar-refractivity contribution in [3.8, 4) is 23.3 Å². The predicted octanol–water partition coefficient (Wildman–Crippen LogP) is 4.75. The van der Waals surface area contributed by atoms with Crippen LogP contribution in [0.15, 0.2) is 59.0 Å². The van der Waals surface area contributed by atoms with Crippen LogP contribution in [-0.2, 0) is 6.18 Å². The van der Waals surface area contributed by atoms with Crippen LogP contribution < -0.4 is 0 Å². The molecule has 3 nitrogen and oxygen atoms in total. The fraction of sp³-hybridized carbons (Fsp3) is 0.150. The Balaban J connectivity index is 1.84. The van der Waals surface area contributed by atoms with Gasteiger partial charge in [-0.2, -0.15) is 13.2 Å². The van der Waals surface area contributed by atoms with Gasteiger partial charge in [0, 0.05) is 11.1 Å². The summed E-state index contributed by atoms with van der Waals surface area (Å²) in [5.74, 6) is 5.80. The standard InChI is InChI=1S/C20H14F3NO2/c1-13-18(17(25)12-7-14-5-3-2-4-6-14)26-19(24-13)15-8-10-16(11-9-15)20(21,22)23/h2-6,8-11,17,25H,1H3. The van der Waals surface area contributed by atoms with Crippen molar-refractivity contribution >= 4 is 0 Å².